The van der Waals surface area contributed by atoms with Crippen molar-refractivity contribution < 1.29 is 39.6 Å². The van der Waals surface area contributed by atoms with Crippen LogP contribution in [0.15, 0.2) is 0 Å². The lowest BCUT2D eigenvalue weighted by Crippen LogP contribution is -2.63. The molecule has 0 radical (unpaired) electrons. The summed E-state index contributed by atoms with van der Waals surface area (Å²) in [5.74, 6) is -8.80. The molecule has 0 saturated heterocycles. The average Bonchev–Trinajstić information content (AvgIpc) is 2.21. The van der Waals surface area contributed by atoms with E-state index in [1.54, 1.807) is 0 Å². The monoisotopic (exact) mass is 264 g/mol. The topological polar surface area (TPSA) is 187 Å². The van der Waals surface area contributed by atoms with Crippen LogP contribution in [0, 0.1) is 5.41 Å². The summed E-state index contributed by atoms with van der Waals surface area (Å²) in [6, 6.07) is -2.35. The van der Waals surface area contributed by atoms with Gasteiger partial charge in [0.1, 0.15) is 6.04 Å². The van der Waals surface area contributed by atoms with Crippen LogP contribution in [0.1, 0.15) is 0 Å². The zero-order chi connectivity index (χ0) is 14.5. The lowest BCUT2D eigenvalue weighted by Gasteiger charge is -2.27. The molecule has 102 valence electrons. The van der Waals surface area contributed by atoms with Crippen molar-refractivity contribution in [1.82, 2.24) is 5.32 Å². The zero-order valence-corrected chi connectivity index (χ0v) is 8.99. The molecule has 0 saturated carbocycles. The summed E-state index contributed by atoms with van der Waals surface area (Å²) in [6.07, 6.45) is 0. The zero-order valence-electron chi connectivity index (χ0n) is 8.99. The molecule has 0 amide bonds. The molecule has 0 aliphatic rings. The molecular formula is C8H12N2O8. The summed E-state index contributed by atoms with van der Waals surface area (Å²) in [6.45, 7) is -0.384. The summed E-state index contributed by atoms with van der Waals surface area (Å²) in [5.41, 5.74) is 1.52. The van der Waals surface area contributed by atoms with Crippen molar-refractivity contribution in [1.29, 1.82) is 0 Å². The van der Waals surface area contributed by atoms with Crippen molar-refractivity contribution in [2.24, 2.45) is 11.1 Å². The molecule has 0 aromatic carbocycles. The fraction of sp³-hybridized carbons (Fsp3) is 0.500. The second-order valence-electron chi connectivity index (χ2n) is 3.24. The van der Waals surface area contributed by atoms with Crippen LogP contribution in [0.25, 0.3) is 0 Å². The lowest BCUT2D eigenvalue weighted by molar-refractivity contribution is -0.182. The second kappa shape index (κ2) is 5.93. The molecule has 10 nitrogen and oxygen atoms in total. The van der Waals surface area contributed by atoms with E-state index in [1.165, 1.54) is 0 Å². The molecule has 7 N–H and O–H groups in total. The van der Waals surface area contributed by atoms with Crippen LogP contribution in [-0.2, 0) is 19.2 Å². The van der Waals surface area contributed by atoms with Crippen LogP contribution in [-0.4, -0.2) is 63.4 Å². The smallest absolute Gasteiger partial charge is 0.335 e. The van der Waals surface area contributed by atoms with Crippen LogP contribution in [0.5, 0.6) is 0 Å². The molecule has 0 heterocycles. The number of carboxylic acids is 4. The third-order valence-electron chi connectivity index (χ3n) is 2.18. The van der Waals surface area contributed by atoms with Gasteiger partial charge in [0.15, 0.2) is 0 Å². The highest BCUT2D eigenvalue weighted by molar-refractivity contribution is 6.19. The fourth-order valence-electron chi connectivity index (χ4n) is 1.30. The minimum atomic E-state index is -3.53. The lowest BCUT2D eigenvalue weighted by atomic mass is 9.80. The molecular weight excluding hydrogens is 252 g/mol. The Labute approximate surface area is 100 Å². The third kappa shape index (κ3) is 2.55. The van der Waals surface area contributed by atoms with Gasteiger partial charge < -0.3 is 31.5 Å². The van der Waals surface area contributed by atoms with Crippen molar-refractivity contribution in [2.75, 3.05) is 13.1 Å². The van der Waals surface area contributed by atoms with Crippen LogP contribution in [0.3, 0.4) is 0 Å². The van der Waals surface area contributed by atoms with Crippen LogP contribution < -0.4 is 11.1 Å². The van der Waals surface area contributed by atoms with Crippen molar-refractivity contribution in [3.63, 3.8) is 0 Å². The molecule has 0 aliphatic carbocycles. The van der Waals surface area contributed by atoms with Gasteiger partial charge in [-0.3, -0.25) is 19.2 Å². The first-order chi connectivity index (χ1) is 8.22. The number of nitrogens with one attached hydrogen (secondary N) is 1. The fourth-order valence-corrected chi connectivity index (χ4v) is 1.30. The van der Waals surface area contributed by atoms with E-state index >= 15 is 0 Å². The SMILES string of the molecule is NCCNC(C(=O)O)C(C(=O)O)(C(=O)O)C(=O)O. The Bertz CT molecular complexity index is 343. The normalized spacial score (nSPS) is 12.7. The number of rotatable bonds is 8. The number of hydrogen-bond acceptors (Lipinski definition) is 6. The molecule has 1 atom stereocenters. The third-order valence-corrected chi connectivity index (χ3v) is 2.18. The Hall–Kier alpha value is -2.20. The number of carboxylic acid groups (broad SMARTS) is 4. The van der Waals surface area contributed by atoms with Gasteiger partial charge in [0.25, 0.3) is 5.41 Å². The van der Waals surface area contributed by atoms with E-state index in [0.29, 0.717) is 0 Å². The van der Waals surface area contributed by atoms with Crippen LogP contribution >= 0.6 is 0 Å². The minimum absolute atomic E-state index is 0.126. The van der Waals surface area contributed by atoms with E-state index in [0.717, 1.165) is 0 Å². The largest absolute Gasteiger partial charge is 0.480 e. The van der Waals surface area contributed by atoms with Gasteiger partial charge in [-0.2, -0.15) is 0 Å². The maximum atomic E-state index is 10.9. The first-order valence-corrected chi connectivity index (χ1v) is 4.59. The van der Waals surface area contributed by atoms with E-state index < -0.39 is 35.3 Å². The molecule has 10 heteroatoms. The molecule has 0 aromatic rings. The molecule has 1 unspecified atom stereocenters. The van der Waals surface area contributed by atoms with Gasteiger partial charge in [0.05, 0.1) is 0 Å². The number of carbonyl (C=O) groups is 4. The Balaban J connectivity index is 5.77. The number of nitrogens with two attached hydrogens (primary N) is 1. The Kier molecular flexibility index (Phi) is 5.21. The quantitative estimate of drug-likeness (QED) is 0.250. The molecule has 0 bridgehead atoms. The number of aliphatic carboxylic acids is 4. The Morgan fingerprint density at radius 3 is 1.61 bits per heavy atom. The molecule has 0 aliphatic heterocycles. The summed E-state index contributed by atoms with van der Waals surface area (Å²) >= 11 is 0. The standard InChI is InChI=1S/C8H12N2O8/c9-1-2-10-3(4(11)12)8(5(13)14,6(15)16)7(17)18/h3,10H,1-2,9H2,(H,11,12)(H,13,14)(H,15,16)(H,17,18). The van der Waals surface area contributed by atoms with Crippen molar-refractivity contribution in [3.8, 4) is 0 Å². The van der Waals surface area contributed by atoms with Gasteiger partial charge in [-0.25, -0.2) is 0 Å². The highest BCUT2D eigenvalue weighted by Crippen LogP contribution is 2.24. The second-order valence-corrected chi connectivity index (χ2v) is 3.24. The van der Waals surface area contributed by atoms with E-state index in [1.807, 2.05) is 5.32 Å². The van der Waals surface area contributed by atoms with E-state index in [9.17, 15) is 19.2 Å². The first kappa shape index (κ1) is 15.8. The molecule has 0 fully saturated rings. The summed E-state index contributed by atoms with van der Waals surface area (Å²) in [5, 5.41) is 37.1. The van der Waals surface area contributed by atoms with Gasteiger partial charge in [-0.05, 0) is 0 Å². The van der Waals surface area contributed by atoms with Crippen LogP contribution in [0.2, 0.25) is 0 Å². The summed E-state index contributed by atoms with van der Waals surface area (Å²) in [7, 11) is 0. The highest BCUT2D eigenvalue weighted by Gasteiger charge is 2.63. The molecule has 0 spiro atoms. The number of hydrogen-bond donors (Lipinski definition) is 6. The average molecular weight is 264 g/mol. The maximum Gasteiger partial charge on any atom is 0.335 e. The predicted octanol–water partition coefficient (Wildman–Crippen LogP) is -2.77. The molecule has 18 heavy (non-hydrogen) atoms. The van der Waals surface area contributed by atoms with Crippen molar-refractivity contribution in [2.45, 2.75) is 6.04 Å². The van der Waals surface area contributed by atoms with Gasteiger partial charge in [-0.1, -0.05) is 0 Å². The van der Waals surface area contributed by atoms with Crippen LogP contribution in [0.4, 0.5) is 0 Å². The molecule has 0 rings (SSSR count). The highest BCUT2D eigenvalue weighted by atomic mass is 16.4. The van der Waals surface area contributed by atoms with Gasteiger partial charge >= 0.3 is 23.9 Å². The first-order valence-electron chi connectivity index (χ1n) is 4.59. The minimum Gasteiger partial charge on any atom is -0.480 e. The Morgan fingerprint density at radius 2 is 1.39 bits per heavy atom. The van der Waals surface area contributed by atoms with Crippen molar-refractivity contribution in [3.05, 3.63) is 0 Å². The molecule has 0 aromatic heterocycles. The summed E-state index contributed by atoms with van der Waals surface area (Å²) in [4.78, 5) is 43.6. The summed E-state index contributed by atoms with van der Waals surface area (Å²) < 4.78 is 0. The van der Waals surface area contributed by atoms with Crippen molar-refractivity contribution >= 4 is 23.9 Å². The van der Waals surface area contributed by atoms with Gasteiger partial charge in [0, 0.05) is 13.1 Å². The maximum absolute atomic E-state index is 10.9. The van der Waals surface area contributed by atoms with E-state index in [-0.39, 0.29) is 13.1 Å². The van der Waals surface area contributed by atoms with Gasteiger partial charge in [0.2, 0.25) is 0 Å². The van der Waals surface area contributed by atoms with Gasteiger partial charge in [-0.15, -0.1) is 0 Å². The predicted molar refractivity (Wildman–Crippen MR) is 53.8 cm³/mol. The Morgan fingerprint density at radius 1 is 1.00 bits per heavy atom. The van der Waals surface area contributed by atoms with E-state index in [2.05, 4.69) is 0 Å². The van der Waals surface area contributed by atoms with E-state index in [4.69, 9.17) is 26.2 Å².